The van der Waals surface area contributed by atoms with Gasteiger partial charge in [0.15, 0.2) is 17.3 Å². The summed E-state index contributed by atoms with van der Waals surface area (Å²) in [7, 11) is 3.11. The van der Waals surface area contributed by atoms with E-state index in [1.54, 1.807) is 50.9 Å². The first-order valence-corrected chi connectivity index (χ1v) is 7.85. The van der Waals surface area contributed by atoms with E-state index >= 15 is 0 Å². The Balaban J connectivity index is 0.000000380. The van der Waals surface area contributed by atoms with Crippen LogP contribution >= 0.6 is 0 Å². The molecule has 140 valence electrons. The fourth-order valence-electron chi connectivity index (χ4n) is 1.98. The number of hydrogen-bond donors (Lipinski definition) is 1. The van der Waals surface area contributed by atoms with Gasteiger partial charge in [-0.25, -0.2) is 9.37 Å². The Labute approximate surface area is 156 Å². The number of nitrogens with zero attached hydrogens (tertiary/aromatic N) is 2. The molecule has 0 saturated carbocycles. The van der Waals surface area contributed by atoms with Gasteiger partial charge in [0, 0.05) is 30.1 Å². The van der Waals surface area contributed by atoms with Gasteiger partial charge in [-0.15, -0.1) is 0 Å². The van der Waals surface area contributed by atoms with Crippen molar-refractivity contribution in [1.29, 1.82) is 0 Å². The van der Waals surface area contributed by atoms with Crippen LogP contribution < -0.4 is 15.2 Å². The van der Waals surface area contributed by atoms with Crippen LogP contribution in [-0.2, 0) is 4.74 Å². The van der Waals surface area contributed by atoms with E-state index in [2.05, 4.69) is 27.9 Å². The Bertz CT molecular complexity index is 960. The van der Waals surface area contributed by atoms with E-state index in [0.29, 0.717) is 34.0 Å². The third-order valence-corrected chi connectivity index (χ3v) is 3.42. The molecule has 0 fully saturated rings. The van der Waals surface area contributed by atoms with Gasteiger partial charge >= 0.3 is 0 Å². The number of halogens is 1. The zero-order valence-corrected chi connectivity index (χ0v) is 15.1. The topological polar surface area (TPSA) is 79.5 Å². The number of fused-ring (bicyclic) bond motifs is 1. The molecule has 0 bridgehead atoms. The quantitative estimate of drug-likeness (QED) is 0.406. The first kappa shape index (κ1) is 19.7. The van der Waals surface area contributed by atoms with Gasteiger partial charge in [-0.2, -0.15) is 0 Å². The molecule has 0 amide bonds. The minimum atomic E-state index is -0.534. The van der Waals surface area contributed by atoms with Crippen molar-refractivity contribution < 1.29 is 18.6 Å². The molecule has 0 aliphatic heterocycles. The zero-order valence-electron chi connectivity index (χ0n) is 15.1. The molecule has 7 heteroatoms. The molecular weight excluding hydrogens is 349 g/mol. The predicted molar refractivity (Wildman–Crippen MR) is 103 cm³/mol. The molecule has 3 rings (SSSR count). The Kier molecular flexibility index (Phi) is 6.71. The molecule has 6 nitrogen and oxygen atoms in total. The van der Waals surface area contributed by atoms with Crippen molar-refractivity contribution in [3.8, 4) is 17.2 Å². The number of nitrogen functional groups attached to an aromatic ring is 1. The van der Waals surface area contributed by atoms with Gasteiger partial charge in [0.1, 0.15) is 17.0 Å². The third-order valence-electron chi connectivity index (χ3n) is 3.42. The maximum atomic E-state index is 13.8. The van der Waals surface area contributed by atoms with Crippen LogP contribution in [0.15, 0.2) is 67.7 Å². The smallest absolute Gasteiger partial charge is 0.167 e. The minimum Gasteiger partial charge on any atom is -0.497 e. The van der Waals surface area contributed by atoms with E-state index < -0.39 is 5.82 Å². The van der Waals surface area contributed by atoms with Gasteiger partial charge in [-0.3, -0.25) is 4.98 Å². The number of nitrogens with two attached hydrogens (primary N) is 1. The summed E-state index contributed by atoms with van der Waals surface area (Å²) in [6.45, 7) is 6.86. The number of aromatic nitrogens is 2. The van der Waals surface area contributed by atoms with Gasteiger partial charge in [0.05, 0.1) is 25.9 Å². The fourth-order valence-corrected chi connectivity index (χ4v) is 1.98. The molecule has 0 radical (unpaired) electrons. The summed E-state index contributed by atoms with van der Waals surface area (Å²) >= 11 is 0. The van der Waals surface area contributed by atoms with Crippen molar-refractivity contribution in [2.75, 3.05) is 20.0 Å². The van der Waals surface area contributed by atoms with Gasteiger partial charge in [0.25, 0.3) is 0 Å². The van der Waals surface area contributed by atoms with Crippen LogP contribution in [0.3, 0.4) is 0 Å². The second kappa shape index (κ2) is 9.19. The fraction of sp³-hybridized carbons (Fsp3) is 0.100. The maximum Gasteiger partial charge on any atom is 0.167 e. The van der Waals surface area contributed by atoms with Crippen LogP contribution in [0.2, 0.25) is 0 Å². The molecule has 2 N–H and O–H groups in total. The standard InChI is InChI=1S/C15H12FN3O2.C5H8O/c1-20-10-7-12-15(19-8-10)14(4-5-18-12)21-13-3-2-9(17)6-11(13)16;1-4-5(2)6-3/h2-8H,17H2,1H3;4H,1-2H2,3H3. The van der Waals surface area contributed by atoms with E-state index in [9.17, 15) is 4.39 Å². The highest BCUT2D eigenvalue weighted by Crippen LogP contribution is 2.30. The number of ether oxygens (including phenoxy) is 3. The van der Waals surface area contributed by atoms with Crippen LogP contribution in [0.1, 0.15) is 0 Å². The van der Waals surface area contributed by atoms with Crippen molar-refractivity contribution in [3.05, 3.63) is 73.5 Å². The average Bonchev–Trinajstić information content (AvgIpc) is 2.69. The lowest BCUT2D eigenvalue weighted by Crippen LogP contribution is -1.94. The van der Waals surface area contributed by atoms with E-state index in [4.69, 9.17) is 15.2 Å². The van der Waals surface area contributed by atoms with E-state index in [-0.39, 0.29) is 5.75 Å². The van der Waals surface area contributed by atoms with Gasteiger partial charge < -0.3 is 19.9 Å². The van der Waals surface area contributed by atoms with Gasteiger partial charge in [0.2, 0.25) is 0 Å². The van der Waals surface area contributed by atoms with Gasteiger partial charge in [-0.05, 0) is 18.2 Å². The van der Waals surface area contributed by atoms with Crippen LogP contribution in [0.25, 0.3) is 11.0 Å². The largest absolute Gasteiger partial charge is 0.497 e. The number of methoxy groups -OCH3 is 2. The number of hydrogen-bond acceptors (Lipinski definition) is 6. The number of anilines is 1. The van der Waals surface area contributed by atoms with Crippen molar-refractivity contribution in [2.24, 2.45) is 0 Å². The Morgan fingerprint density at radius 3 is 2.52 bits per heavy atom. The molecule has 0 unspecified atom stereocenters. The number of allylic oxidation sites excluding steroid dienone is 1. The van der Waals surface area contributed by atoms with Crippen LogP contribution in [0.4, 0.5) is 10.1 Å². The second-order valence-corrected chi connectivity index (χ2v) is 5.22. The van der Waals surface area contributed by atoms with Crippen molar-refractivity contribution in [3.63, 3.8) is 0 Å². The zero-order chi connectivity index (χ0) is 19.8. The number of rotatable bonds is 5. The molecular formula is C20H20FN3O3. The molecule has 0 spiro atoms. The molecule has 3 aromatic rings. The third kappa shape index (κ3) is 5.18. The van der Waals surface area contributed by atoms with Crippen LogP contribution in [0, 0.1) is 5.82 Å². The van der Waals surface area contributed by atoms with Crippen LogP contribution in [0.5, 0.6) is 17.2 Å². The average molecular weight is 369 g/mol. The van der Waals surface area contributed by atoms with Crippen molar-refractivity contribution >= 4 is 16.7 Å². The lowest BCUT2D eigenvalue weighted by atomic mass is 10.2. The first-order chi connectivity index (χ1) is 13.0. The summed E-state index contributed by atoms with van der Waals surface area (Å²) in [5, 5.41) is 0. The molecule has 2 aromatic heterocycles. The molecule has 0 atom stereocenters. The molecule has 0 saturated heterocycles. The Hall–Kier alpha value is -3.61. The summed E-state index contributed by atoms with van der Waals surface area (Å²) in [5.74, 6) is 1.15. The highest BCUT2D eigenvalue weighted by molar-refractivity contribution is 5.81. The number of benzene rings is 1. The molecule has 0 aliphatic carbocycles. The summed E-state index contributed by atoms with van der Waals surface area (Å²) in [5.41, 5.74) is 6.97. The summed E-state index contributed by atoms with van der Waals surface area (Å²) in [6.07, 6.45) is 4.67. The van der Waals surface area contributed by atoms with Crippen molar-refractivity contribution in [1.82, 2.24) is 9.97 Å². The van der Waals surface area contributed by atoms with Crippen molar-refractivity contribution in [2.45, 2.75) is 0 Å². The molecule has 2 heterocycles. The highest BCUT2D eigenvalue weighted by Gasteiger charge is 2.10. The molecule has 27 heavy (non-hydrogen) atoms. The van der Waals surface area contributed by atoms with Crippen LogP contribution in [-0.4, -0.2) is 24.2 Å². The predicted octanol–water partition coefficient (Wildman–Crippen LogP) is 4.48. The maximum absolute atomic E-state index is 13.8. The van der Waals surface area contributed by atoms with E-state index in [1.807, 2.05) is 0 Å². The lowest BCUT2D eigenvalue weighted by Gasteiger charge is -2.09. The highest BCUT2D eigenvalue weighted by atomic mass is 19.1. The van der Waals surface area contributed by atoms with E-state index in [1.165, 1.54) is 12.1 Å². The minimum absolute atomic E-state index is 0.0781. The summed E-state index contributed by atoms with van der Waals surface area (Å²) in [6, 6.07) is 7.60. The Morgan fingerprint density at radius 1 is 1.15 bits per heavy atom. The second-order valence-electron chi connectivity index (χ2n) is 5.22. The Morgan fingerprint density at radius 2 is 1.93 bits per heavy atom. The summed E-state index contributed by atoms with van der Waals surface area (Å²) in [4.78, 5) is 8.43. The monoisotopic (exact) mass is 369 g/mol. The van der Waals surface area contributed by atoms with Gasteiger partial charge in [-0.1, -0.05) is 13.2 Å². The lowest BCUT2D eigenvalue weighted by molar-refractivity contribution is 0.309. The molecule has 0 aliphatic rings. The summed E-state index contributed by atoms with van der Waals surface area (Å²) < 4.78 is 29.1. The van der Waals surface area contributed by atoms with E-state index in [0.717, 1.165) is 0 Å². The first-order valence-electron chi connectivity index (χ1n) is 7.85. The SMILES string of the molecule is C=CC(=C)OC.COc1cnc2c(Oc3ccc(N)cc3F)ccnc2c1. The number of pyridine rings is 2. The molecule has 1 aromatic carbocycles. The normalized spacial score (nSPS) is 9.74.